The lowest BCUT2D eigenvalue weighted by Crippen LogP contribution is -2.48. The van der Waals surface area contributed by atoms with Crippen LogP contribution in [0.1, 0.15) is 38.2 Å². The monoisotopic (exact) mass is 348 g/mol. The lowest BCUT2D eigenvalue weighted by Gasteiger charge is -2.34. The molecule has 0 aliphatic carbocycles. The van der Waals surface area contributed by atoms with E-state index in [0.717, 1.165) is 43.9 Å². The van der Waals surface area contributed by atoms with Crippen LogP contribution in [0.2, 0.25) is 0 Å². The van der Waals surface area contributed by atoms with Gasteiger partial charge in [0.25, 0.3) is 0 Å². The van der Waals surface area contributed by atoms with Gasteiger partial charge in [-0.3, -0.25) is 9.69 Å². The van der Waals surface area contributed by atoms with E-state index in [-0.39, 0.29) is 5.91 Å². The molecule has 140 valence electrons. The number of carbonyl (C=O) groups is 1. The molecule has 0 N–H and O–H groups in total. The van der Waals surface area contributed by atoms with Crippen LogP contribution in [0.5, 0.6) is 11.5 Å². The lowest BCUT2D eigenvalue weighted by molar-refractivity contribution is -0.132. The number of amides is 1. The number of hydrogen-bond acceptors (Lipinski definition) is 4. The maximum absolute atomic E-state index is 12.5. The number of piperazine rings is 1. The minimum atomic E-state index is 0.253. The summed E-state index contributed by atoms with van der Waals surface area (Å²) in [6, 6.07) is 5.85. The molecular formula is C20H32N2O3. The fourth-order valence-corrected chi connectivity index (χ4v) is 3.25. The second-order valence-electron chi connectivity index (χ2n) is 6.62. The van der Waals surface area contributed by atoms with Gasteiger partial charge in [0.1, 0.15) is 0 Å². The van der Waals surface area contributed by atoms with Gasteiger partial charge in [0.15, 0.2) is 11.5 Å². The van der Waals surface area contributed by atoms with E-state index in [1.165, 1.54) is 25.8 Å². The number of methoxy groups -OCH3 is 2. The molecular weight excluding hydrogens is 316 g/mol. The normalized spacial score (nSPS) is 15.2. The summed E-state index contributed by atoms with van der Waals surface area (Å²) in [5.74, 6) is 1.69. The number of rotatable bonds is 9. The molecule has 0 spiro atoms. The van der Waals surface area contributed by atoms with Crippen molar-refractivity contribution < 1.29 is 14.3 Å². The number of aryl methyl sites for hydroxylation is 1. The van der Waals surface area contributed by atoms with Crippen molar-refractivity contribution in [2.75, 3.05) is 46.9 Å². The van der Waals surface area contributed by atoms with Crippen LogP contribution in [0.4, 0.5) is 0 Å². The van der Waals surface area contributed by atoms with Gasteiger partial charge in [-0.25, -0.2) is 0 Å². The molecule has 25 heavy (non-hydrogen) atoms. The summed E-state index contributed by atoms with van der Waals surface area (Å²) < 4.78 is 10.6. The molecule has 1 fully saturated rings. The van der Waals surface area contributed by atoms with Crippen LogP contribution in [0.25, 0.3) is 0 Å². The van der Waals surface area contributed by atoms with Crippen molar-refractivity contribution in [3.63, 3.8) is 0 Å². The SMILES string of the molecule is CCCCCN1CCN(C(=O)CCc2ccc(OC)c(OC)c2)CC1. The number of ether oxygens (including phenoxy) is 2. The molecule has 1 aromatic rings. The largest absolute Gasteiger partial charge is 0.493 e. The Balaban J connectivity index is 1.76. The average Bonchev–Trinajstić information content (AvgIpc) is 2.66. The molecule has 0 radical (unpaired) electrons. The number of carbonyl (C=O) groups excluding carboxylic acids is 1. The standard InChI is InChI=1S/C20H32N2O3/c1-4-5-6-11-21-12-14-22(15-13-21)20(23)10-8-17-7-9-18(24-2)19(16-17)25-3/h7,9,16H,4-6,8,10-15H2,1-3H3. The predicted octanol–water partition coefficient (Wildman–Crippen LogP) is 2.97. The van der Waals surface area contributed by atoms with Crippen molar-refractivity contribution in [3.05, 3.63) is 23.8 Å². The third-order valence-electron chi connectivity index (χ3n) is 4.88. The molecule has 0 aromatic heterocycles. The maximum Gasteiger partial charge on any atom is 0.222 e. The van der Waals surface area contributed by atoms with Gasteiger partial charge in [0.05, 0.1) is 14.2 Å². The Kier molecular flexibility index (Phi) is 8.06. The number of nitrogens with zero attached hydrogens (tertiary/aromatic N) is 2. The average molecular weight is 348 g/mol. The van der Waals surface area contributed by atoms with Crippen LogP contribution in [-0.4, -0.2) is 62.7 Å². The molecule has 0 atom stereocenters. The summed E-state index contributed by atoms with van der Waals surface area (Å²) in [4.78, 5) is 17.0. The van der Waals surface area contributed by atoms with Crippen LogP contribution in [-0.2, 0) is 11.2 Å². The summed E-state index contributed by atoms with van der Waals surface area (Å²) in [6.45, 7) is 7.13. The van der Waals surface area contributed by atoms with Gasteiger partial charge < -0.3 is 14.4 Å². The highest BCUT2D eigenvalue weighted by Gasteiger charge is 2.20. The first kappa shape index (κ1) is 19.6. The van der Waals surface area contributed by atoms with Gasteiger partial charge in [0, 0.05) is 32.6 Å². The molecule has 0 saturated carbocycles. The Morgan fingerprint density at radius 1 is 1.04 bits per heavy atom. The Morgan fingerprint density at radius 2 is 1.76 bits per heavy atom. The van der Waals surface area contributed by atoms with E-state index in [1.807, 2.05) is 23.1 Å². The van der Waals surface area contributed by atoms with Crippen LogP contribution in [0.15, 0.2) is 18.2 Å². The van der Waals surface area contributed by atoms with Crippen LogP contribution < -0.4 is 9.47 Å². The zero-order valence-electron chi connectivity index (χ0n) is 15.9. The molecule has 1 aliphatic heterocycles. The third kappa shape index (κ3) is 5.92. The van der Waals surface area contributed by atoms with Crippen LogP contribution in [0, 0.1) is 0 Å². The first-order valence-corrected chi connectivity index (χ1v) is 9.39. The van der Waals surface area contributed by atoms with Crippen molar-refractivity contribution in [3.8, 4) is 11.5 Å². The summed E-state index contributed by atoms with van der Waals surface area (Å²) >= 11 is 0. The second-order valence-corrected chi connectivity index (χ2v) is 6.62. The fourth-order valence-electron chi connectivity index (χ4n) is 3.25. The van der Waals surface area contributed by atoms with Gasteiger partial charge in [-0.2, -0.15) is 0 Å². The second kappa shape index (κ2) is 10.3. The maximum atomic E-state index is 12.5. The van der Waals surface area contributed by atoms with Crippen LogP contribution in [0.3, 0.4) is 0 Å². The zero-order valence-corrected chi connectivity index (χ0v) is 15.9. The highest BCUT2D eigenvalue weighted by molar-refractivity contribution is 5.76. The molecule has 1 heterocycles. The van der Waals surface area contributed by atoms with Gasteiger partial charge >= 0.3 is 0 Å². The van der Waals surface area contributed by atoms with E-state index in [4.69, 9.17) is 9.47 Å². The van der Waals surface area contributed by atoms with Crippen molar-refractivity contribution in [2.45, 2.75) is 39.0 Å². The quantitative estimate of drug-likeness (QED) is 0.644. The fraction of sp³-hybridized carbons (Fsp3) is 0.650. The van der Waals surface area contributed by atoms with E-state index in [2.05, 4.69) is 11.8 Å². The molecule has 0 unspecified atom stereocenters. The molecule has 1 aliphatic rings. The molecule has 1 aromatic carbocycles. The van der Waals surface area contributed by atoms with Crippen molar-refractivity contribution >= 4 is 5.91 Å². The highest BCUT2D eigenvalue weighted by Crippen LogP contribution is 2.28. The van der Waals surface area contributed by atoms with Gasteiger partial charge in [-0.05, 0) is 37.1 Å². The topological polar surface area (TPSA) is 42.0 Å². The lowest BCUT2D eigenvalue weighted by atomic mass is 10.1. The van der Waals surface area contributed by atoms with Gasteiger partial charge in [0.2, 0.25) is 5.91 Å². The summed E-state index contributed by atoms with van der Waals surface area (Å²) in [5.41, 5.74) is 1.10. The smallest absolute Gasteiger partial charge is 0.222 e. The predicted molar refractivity (Wildman–Crippen MR) is 100 cm³/mol. The van der Waals surface area contributed by atoms with E-state index < -0.39 is 0 Å². The Hall–Kier alpha value is -1.75. The van der Waals surface area contributed by atoms with Crippen molar-refractivity contribution in [1.82, 2.24) is 9.80 Å². The van der Waals surface area contributed by atoms with Crippen LogP contribution >= 0.6 is 0 Å². The molecule has 1 amide bonds. The van der Waals surface area contributed by atoms with Crippen molar-refractivity contribution in [2.24, 2.45) is 0 Å². The van der Waals surface area contributed by atoms with E-state index in [0.29, 0.717) is 12.2 Å². The molecule has 5 nitrogen and oxygen atoms in total. The Bertz CT molecular complexity index is 540. The summed E-state index contributed by atoms with van der Waals surface area (Å²) in [5, 5.41) is 0. The number of benzene rings is 1. The minimum Gasteiger partial charge on any atom is -0.493 e. The minimum absolute atomic E-state index is 0.253. The molecule has 1 saturated heterocycles. The van der Waals surface area contributed by atoms with E-state index in [1.54, 1.807) is 14.2 Å². The highest BCUT2D eigenvalue weighted by atomic mass is 16.5. The summed E-state index contributed by atoms with van der Waals surface area (Å²) in [6.07, 6.45) is 5.10. The first-order valence-electron chi connectivity index (χ1n) is 9.39. The Labute approximate surface area is 151 Å². The molecule has 2 rings (SSSR count). The number of hydrogen-bond donors (Lipinski definition) is 0. The zero-order chi connectivity index (χ0) is 18.1. The Morgan fingerprint density at radius 3 is 2.40 bits per heavy atom. The van der Waals surface area contributed by atoms with Gasteiger partial charge in [-0.15, -0.1) is 0 Å². The third-order valence-corrected chi connectivity index (χ3v) is 4.88. The number of unbranched alkanes of at least 4 members (excludes halogenated alkanes) is 2. The van der Waals surface area contributed by atoms with E-state index >= 15 is 0 Å². The van der Waals surface area contributed by atoms with E-state index in [9.17, 15) is 4.79 Å². The first-order chi connectivity index (χ1) is 12.2. The van der Waals surface area contributed by atoms with Crippen molar-refractivity contribution in [1.29, 1.82) is 0 Å². The summed E-state index contributed by atoms with van der Waals surface area (Å²) in [7, 11) is 3.26. The molecule has 5 heteroatoms. The van der Waals surface area contributed by atoms with Gasteiger partial charge in [-0.1, -0.05) is 25.8 Å². The molecule has 0 bridgehead atoms.